The van der Waals surface area contributed by atoms with Crippen LogP contribution in [0.2, 0.25) is 0 Å². The van der Waals surface area contributed by atoms with Gasteiger partial charge in [0.15, 0.2) is 0 Å². The number of hydrogen-bond donors (Lipinski definition) is 1. The van der Waals surface area contributed by atoms with Crippen LogP contribution in [-0.4, -0.2) is 22.4 Å². The quantitative estimate of drug-likeness (QED) is 0.798. The van der Waals surface area contributed by atoms with Gasteiger partial charge in [-0.25, -0.2) is 4.98 Å². The first kappa shape index (κ1) is 14.8. The Labute approximate surface area is 140 Å². The summed E-state index contributed by atoms with van der Waals surface area (Å²) in [6, 6.07) is 11.7. The van der Waals surface area contributed by atoms with Crippen LogP contribution in [0.5, 0.6) is 5.75 Å². The van der Waals surface area contributed by atoms with Gasteiger partial charge < -0.3 is 14.5 Å². The lowest BCUT2D eigenvalue weighted by Gasteiger charge is -2.05. The number of benzene rings is 1. The molecule has 0 spiro atoms. The van der Waals surface area contributed by atoms with Gasteiger partial charge in [0.1, 0.15) is 11.4 Å². The lowest BCUT2D eigenvalue weighted by molar-refractivity contribution is -0.117. The second kappa shape index (κ2) is 5.67. The first-order valence-corrected chi connectivity index (χ1v) is 8.10. The predicted molar refractivity (Wildman–Crippen MR) is 93.3 cm³/mol. The molecule has 122 valence electrons. The van der Waals surface area contributed by atoms with E-state index in [1.165, 1.54) is 0 Å². The normalized spacial score (nSPS) is 13.9. The average molecular weight is 321 g/mol. The smallest absolute Gasteiger partial charge is 0.227 e. The molecule has 2 heterocycles. The number of nitrogens with one attached hydrogen (secondary N) is 1. The standard InChI is InChI=1S/C19H19N3O2/c1-12-18(13-5-8-16(24-2)9-6-13)21-17-10-7-15(11-22(12)17)20-19(23)14-3-4-14/h5-11,14H,3-4H2,1-2H3,(H,20,23). The summed E-state index contributed by atoms with van der Waals surface area (Å²) in [5.74, 6) is 1.13. The number of carbonyl (C=O) groups excluding carboxylic acids is 1. The third kappa shape index (κ3) is 2.62. The number of methoxy groups -OCH3 is 1. The van der Waals surface area contributed by atoms with Crippen LogP contribution in [0.3, 0.4) is 0 Å². The summed E-state index contributed by atoms with van der Waals surface area (Å²) in [7, 11) is 1.66. The number of carbonyl (C=O) groups is 1. The van der Waals surface area contributed by atoms with Crippen molar-refractivity contribution >= 4 is 17.2 Å². The summed E-state index contributed by atoms with van der Waals surface area (Å²) < 4.78 is 7.22. The molecule has 0 unspecified atom stereocenters. The zero-order valence-corrected chi connectivity index (χ0v) is 13.7. The van der Waals surface area contributed by atoms with E-state index in [-0.39, 0.29) is 11.8 Å². The SMILES string of the molecule is COc1ccc(-c2nc3ccc(NC(=O)C4CC4)cn3c2C)cc1. The Kier molecular flexibility index (Phi) is 3.49. The summed E-state index contributed by atoms with van der Waals surface area (Å²) in [5.41, 5.74) is 4.69. The molecule has 1 N–H and O–H groups in total. The number of hydrogen-bond acceptors (Lipinski definition) is 3. The van der Waals surface area contributed by atoms with Crippen LogP contribution in [0.4, 0.5) is 5.69 Å². The fraction of sp³-hybridized carbons (Fsp3) is 0.263. The van der Waals surface area contributed by atoms with E-state index < -0.39 is 0 Å². The number of ether oxygens (including phenoxy) is 1. The first-order valence-electron chi connectivity index (χ1n) is 8.10. The van der Waals surface area contributed by atoms with E-state index in [1.807, 2.05) is 53.9 Å². The van der Waals surface area contributed by atoms with Crippen molar-refractivity contribution in [3.63, 3.8) is 0 Å². The van der Waals surface area contributed by atoms with Crippen molar-refractivity contribution in [1.29, 1.82) is 0 Å². The number of pyridine rings is 1. The van der Waals surface area contributed by atoms with E-state index in [2.05, 4.69) is 5.32 Å². The van der Waals surface area contributed by atoms with Gasteiger partial charge in [0.25, 0.3) is 0 Å². The molecule has 0 aliphatic heterocycles. The number of aryl methyl sites for hydroxylation is 1. The molecule has 5 heteroatoms. The molecular formula is C19H19N3O2. The molecule has 0 atom stereocenters. The lowest BCUT2D eigenvalue weighted by Crippen LogP contribution is -2.13. The van der Waals surface area contributed by atoms with Crippen LogP contribution in [0.25, 0.3) is 16.9 Å². The van der Waals surface area contributed by atoms with Crippen LogP contribution in [-0.2, 0) is 4.79 Å². The van der Waals surface area contributed by atoms with E-state index in [0.717, 1.165) is 46.9 Å². The third-order valence-electron chi connectivity index (χ3n) is 4.44. The van der Waals surface area contributed by atoms with Crippen molar-refractivity contribution in [3.05, 3.63) is 48.3 Å². The first-order chi connectivity index (χ1) is 11.7. The van der Waals surface area contributed by atoms with Crippen LogP contribution >= 0.6 is 0 Å². The number of imidazole rings is 1. The Balaban J connectivity index is 1.69. The highest BCUT2D eigenvalue weighted by Crippen LogP contribution is 2.31. The van der Waals surface area contributed by atoms with Gasteiger partial charge in [-0.1, -0.05) is 0 Å². The maximum Gasteiger partial charge on any atom is 0.227 e. The minimum Gasteiger partial charge on any atom is -0.497 e. The summed E-state index contributed by atoms with van der Waals surface area (Å²) in [6.45, 7) is 2.03. The maximum absolute atomic E-state index is 11.9. The zero-order valence-electron chi connectivity index (χ0n) is 13.7. The fourth-order valence-electron chi connectivity index (χ4n) is 2.85. The fourth-order valence-corrected chi connectivity index (χ4v) is 2.85. The Morgan fingerprint density at radius 1 is 1.21 bits per heavy atom. The molecule has 2 aromatic heterocycles. The van der Waals surface area contributed by atoms with Gasteiger partial charge in [-0.2, -0.15) is 0 Å². The molecular weight excluding hydrogens is 302 g/mol. The van der Waals surface area contributed by atoms with Crippen molar-refractivity contribution in [2.24, 2.45) is 5.92 Å². The Morgan fingerprint density at radius 3 is 2.62 bits per heavy atom. The van der Waals surface area contributed by atoms with Crippen LogP contribution in [0.1, 0.15) is 18.5 Å². The van der Waals surface area contributed by atoms with Crippen molar-refractivity contribution in [2.45, 2.75) is 19.8 Å². The molecule has 3 aromatic rings. The van der Waals surface area contributed by atoms with E-state index in [1.54, 1.807) is 7.11 Å². The minimum atomic E-state index is 0.113. The second-order valence-corrected chi connectivity index (χ2v) is 6.18. The molecule has 1 aromatic carbocycles. The van der Waals surface area contributed by atoms with Crippen molar-refractivity contribution < 1.29 is 9.53 Å². The van der Waals surface area contributed by atoms with E-state index in [0.29, 0.717) is 0 Å². The van der Waals surface area contributed by atoms with Gasteiger partial charge in [-0.15, -0.1) is 0 Å². The number of aromatic nitrogens is 2. The number of anilines is 1. The second-order valence-electron chi connectivity index (χ2n) is 6.18. The third-order valence-corrected chi connectivity index (χ3v) is 4.44. The molecule has 0 bridgehead atoms. The van der Waals surface area contributed by atoms with E-state index in [4.69, 9.17) is 9.72 Å². The Hall–Kier alpha value is -2.82. The lowest BCUT2D eigenvalue weighted by atomic mass is 10.1. The highest BCUT2D eigenvalue weighted by atomic mass is 16.5. The van der Waals surface area contributed by atoms with E-state index in [9.17, 15) is 4.79 Å². The Morgan fingerprint density at radius 2 is 1.96 bits per heavy atom. The highest BCUT2D eigenvalue weighted by molar-refractivity contribution is 5.94. The minimum absolute atomic E-state index is 0.113. The molecule has 1 saturated carbocycles. The maximum atomic E-state index is 11.9. The molecule has 1 fully saturated rings. The molecule has 24 heavy (non-hydrogen) atoms. The highest BCUT2D eigenvalue weighted by Gasteiger charge is 2.29. The van der Waals surface area contributed by atoms with Gasteiger partial charge in [0.2, 0.25) is 5.91 Å². The number of nitrogens with zero attached hydrogens (tertiary/aromatic N) is 2. The van der Waals surface area contributed by atoms with Crippen molar-refractivity contribution in [3.8, 4) is 17.0 Å². The average Bonchev–Trinajstić information content (AvgIpc) is 3.41. The van der Waals surface area contributed by atoms with E-state index >= 15 is 0 Å². The van der Waals surface area contributed by atoms with Crippen LogP contribution in [0.15, 0.2) is 42.6 Å². The molecule has 1 aliphatic rings. The summed E-state index contributed by atoms with van der Waals surface area (Å²) in [6.07, 6.45) is 3.94. The van der Waals surface area contributed by atoms with Gasteiger partial charge in [-0.3, -0.25) is 4.79 Å². The van der Waals surface area contributed by atoms with Gasteiger partial charge in [-0.05, 0) is 56.2 Å². The van der Waals surface area contributed by atoms with Gasteiger partial charge in [0, 0.05) is 23.4 Å². The number of amides is 1. The number of fused-ring (bicyclic) bond motifs is 1. The van der Waals surface area contributed by atoms with Gasteiger partial charge in [0.05, 0.1) is 18.5 Å². The molecule has 1 aliphatic carbocycles. The molecule has 1 amide bonds. The van der Waals surface area contributed by atoms with Crippen molar-refractivity contribution in [2.75, 3.05) is 12.4 Å². The topological polar surface area (TPSA) is 55.6 Å². The predicted octanol–water partition coefficient (Wildman–Crippen LogP) is 3.67. The largest absolute Gasteiger partial charge is 0.497 e. The van der Waals surface area contributed by atoms with Crippen LogP contribution < -0.4 is 10.1 Å². The molecule has 5 nitrogen and oxygen atoms in total. The van der Waals surface area contributed by atoms with Crippen molar-refractivity contribution in [1.82, 2.24) is 9.38 Å². The zero-order chi connectivity index (χ0) is 16.7. The van der Waals surface area contributed by atoms with Gasteiger partial charge >= 0.3 is 0 Å². The molecule has 0 saturated heterocycles. The summed E-state index contributed by atoms with van der Waals surface area (Å²) in [5, 5.41) is 2.98. The molecule has 0 radical (unpaired) electrons. The molecule has 4 rings (SSSR count). The number of rotatable bonds is 4. The van der Waals surface area contributed by atoms with Crippen LogP contribution in [0, 0.1) is 12.8 Å². The Bertz CT molecular complexity index is 908. The monoisotopic (exact) mass is 321 g/mol. The summed E-state index contributed by atoms with van der Waals surface area (Å²) >= 11 is 0. The summed E-state index contributed by atoms with van der Waals surface area (Å²) in [4.78, 5) is 16.7.